The lowest BCUT2D eigenvalue weighted by molar-refractivity contribution is 0.443. The molecule has 1 aliphatic rings. The zero-order valence-corrected chi connectivity index (χ0v) is 10.2. The molecule has 1 N–H and O–H groups in total. The quantitative estimate of drug-likeness (QED) is 0.726. The molecule has 16 heavy (non-hydrogen) atoms. The standard InChI is InChI=1S/C15H22O/c1-2-12-4-3-5-13(7-6-12)14-8-10-15(16)11-9-14/h8-13,16H,2-7H2,1H3/t12-,13+/m0/s1. The van der Waals surface area contributed by atoms with Crippen LogP contribution in [0.3, 0.4) is 0 Å². The number of phenols is 1. The van der Waals surface area contributed by atoms with Gasteiger partial charge in [0, 0.05) is 0 Å². The van der Waals surface area contributed by atoms with E-state index < -0.39 is 0 Å². The van der Waals surface area contributed by atoms with Crippen LogP contribution in [0, 0.1) is 5.92 Å². The van der Waals surface area contributed by atoms with E-state index in [1.54, 1.807) is 0 Å². The second kappa shape index (κ2) is 5.38. The van der Waals surface area contributed by atoms with Crippen molar-refractivity contribution in [1.29, 1.82) is 0 Å². The highest BCUT2D eigenvalue weighted by molar-refractivity contribution is 5.28. The molecule has 0 bridgehead atoms. The minimum absolute atomic E-state index is 0.379. The maximum atomic E-state index is 9.29. The van der Waals surface area contributed by atoms with E-state index in [-0.39, 0.29) is 0 Å². The molecule has 2 atom stereocenters. The Balaban J connectivity index is 2.02. The summed E-state index contributed by atoms with van der Waals surface area (Å²) in [4.78, 5) is 0. The maximum Gasteiger partial charge on any atom is 0.115 e. The van der Waals surface area contributed by atoms with Crippen molar-refractivity contribution in [3.05, 3.63) is 29.8 Å². The van der Waals surface area contributed by atoms with Crippen molar-refractivity contribution in [2.45, 2.75) is 51.4 Å². The average Bonchev–Trinajstić information content (AvgIpc) is 2.55. The SMILES string of the molecule is CC[C@H]1CCC[C@@H](c2ccc(O)cc2)CC1. The molecule has 1 saturated carbocycles. The fourth-order valence-corrected chi connectivity index (χ4v) is 2.87. The van der Waals surface area contributed by atoms with Crippen LogP contribution in [0.25, 0.3) is 0 Å². The van der Waals surface area contributed by atoms with Gasteiger partial charge in [-0.2, -0.15) is 0 Å². The van der Waals surface area contributed by atoms with Crippen LogP contribution in [0.15, 0.2) is 24.3 Å². The first-order valence-corrected chi connectivity index (χ1v) is 6.58. The summed E-state index contributed by atoms with van der Waals surface area (Å²) in [6.45, 7) is 2.31. The van der Waals surface area contributed by atoms with Gasteiger partial charge in [0.1, 0.15) is 5.75 Å². The number of benzene rings is 1. The molecular formula is C15H22O. The van der Waals surface area contributed by atoms with Gasteiger partial charge >= 0.3 is 0 Å². The fourth-order valence-electron chi connectivity index (χ4n) is 2.87. The van der Waals surface area contributed by atoms with Gasteiger partial charge in [-0.05, 0) is 48.8 Å². The summed E-state index contributed by atoms with van der Waals surface area (Å²) in [6, 6.07) is 7.81. The number of aromatic hydroxyl groups is 1. The second-order valence-electron chi connectivity index (χ2n) is 5.07. The molecule has 88 valence electrons. The minimum atomic E-state index is 0.379. The molecule has 0 aliphatic heterocycles. The summed E-state index contributed by atoms with van der Waals surface area (Å²) in [6.07, 6.45) is 8.13. The van der Waals surface area contributed by atoms with Gasteiger partial charge in [0.05, 0.1) is 0 Å². The van der Waals surface area contributed by atoms with Gasteiger partial charge < -0.3 is 5.11 Å². The van der Waals surface area contributed by atoms with Crippen molar-refractivity contribution in [3.8, 4) is 5.75 Å². The first-order chi connectivity index (χ1) is 7.79. The van der Waals surface area contributed by atoms with Gasteiger partial charge in [-0.1, -0.05) is 38.3 Å². The van der Waals surface area contributed by atoms with Gasteiger partial charge in [0.15, 0.2) is 0 Å². The third kappa shape index (κ3) is 2.78. The van der Waals surface area contributed by atoms with Crippen LogP contribution in [0.5, 0.6) is 5.75 Å². The van der Waals surface area contributed by atoms with Crippen molar-refractivity contribution in [2.75, 3.05) is 0 Å². The lowest BCUT2D eigenvalue weighted by Crippen LogP contribution is -1.98. The lowest BCUT2D eigenvalue weighted by atomic mass is 9.91. The van der Waals surface area contributed by atoms with Crippen LogP contribution >= 0.6 is 0 Å². The molecule has 1 aromatic carbocycles. The first kappa shape index (κ1) is 11.5. The number of hydrogen-bond donors (Lipinski definition) is 1. The first-order valence-electron chi connectivity index (χ1n) is 6.58. The third-order valence-corrected chi connectivity index (χ3v) is 4.03. The minimum Gasteiger partial charge on any atom is -0.508 e. The van der Waals surface area contributed by atoms with E-state index in [1.165, 1.54) is 44.1 Å². The van der Waals surface area contributed by atoms with E-state index in [2.05, 4.69) is 19.1 Å². The summed E-state index contributed by atoms with van der Waals surface area (Å²) in [5.41, 5.74) is 1.41. The molecule has 2 rings (SSSR count). The second-order valence-corrected chi connectivity index (χ2v) is 5.07. The predicted molar refractivity (Wildman–Crippen MR) is 67.7 cm³/mol. The Bertz CT molecular complexity index is 315. The van der Waals surface area contributed by atoms with E-state index in [9.17, 15) is 5.11 Å². The van der Waals surface area contributed by atoms with Gasteiger partial charge in [0.2, 0.25) is 0 Å². The Hall–Kier alpha value is -0.980. The normalized spacial score (nSPS) is 26.3. The molecule has 1 aromatic rings. The van der Waals surface area contributed by atoms with Gasteiger partial charge in [0.25, 0.3) is 0 Å². The van der Waals surface area contributed by atoms with Crippen molar-refractivity contribution < 1.29 is 5.11 Å². The Kier molecular flexibility index (Phi) is 3.87. The molecule has 1 aliphatic carbocycles. The summed E-state index contributed by atoms with van der Waals surface area (Å²) in [5, 5.41) is 9.29. The molecule has 1 fully saturated rings. The zero-order chi connectivity index (χ0) is 11.4. The molecule has 0 aromatic heterocycles. The molecule has 0 unspecified atom stereocenters. The van der Waals surface area contributed by atoms with E-state index in [1.807, 2.05) is 12.1 Å². The molecule has 1 nitrogen and oxygen atoms in total. The Morgan fingerprint density at radius 1 is 1.06 bits per heavy atom. The highest BCUT2D eigenvalue weighted by Crippen LogP contribution is 2.35. The van der Waals surface area contributed by atoms with E-state index in [4.69, 9.17) is 0 Å². The van der Waals surface area contributed by atoms with Gasteiger partial charge in [-0.15, -0.1) is 0 Å². The van der Waals surface area contributed by atoms with Crippen molar-refractivity contribution in [3.63, 3.8) is 0 Å². The molecule has 0 amide bonds. The number of rotatable bonds is 2. The Morgan fingerprint density at radius 3 is 2.50 bits per heavy atom. The van der Waals surface area contributed by atoms with E-state index >= 15 is 0 Å². The highest BCUT2D eigenvalue weighted by Gasteiger charge is 2.18. The van der Waals surface area contributed by atoms with Crippen LogP contribution < -0.4 is 0 Å². The Labute approximate surface area is 98.5 Å². The predicted octanol–water partition coefficient (Wildman–Crippen LogP) is 4.47. The Morgan fingerprint density at radius 2 is 1.81 bits per heavy atom. The molecule has 0 radical (unpaired) electrons. The summed E-state index contributed by atoms with van der Waals surface area (Å²) in [7, 11) is 0. The highest BCUT2D eigenvalue weighted by atomic mass is 16.3. The third-order valence-electron chi connectivity index (χ3n) is 4.03. The zero-order valence-electron chi connectivity index (χ0n) is 10.2. The van der Waals surface area contributed by atoms with Crippen LogP contribution in [-0.2, 0) is 0 Å². The van der Waals surface area contributed by atoms with Crippen molar-refractivity contribution >= 4 is 0 Å². The largest absolute Gasteiger partial charge is 0.508 e. The van der Waals surface area contributed by atoms with Crippen molar-refractivity contribution in [1.82, 2.24) is 0 Å². The van der Waals surface area contributed by atoms with Gasteiger partial charge in [-0.3, -0.25) is 0 Å². The summed E-state index contributed by atoms with van der Waals surface area (Å²) >= 11 is 0. The van der Waals surface area contributed by atoms with Crippen LogP contribution in [0.2, 0.25) is 0 Å². The smallest absolute Gasteiger partial charge is 0.115 e. The summed E-state index contributed by atoms with van der Waals surface area (Å²) in [5.74, 6) is 2.04. The summed E-state index contributed by atoms with van der Waals surface area (Å²) < 4.78 is 0. The maximum absolute atomic E-state index is 9.29. The molecule has 1 heteroatoms. The topological polar surface area (TPSA) is 20.2 Å². The van der Waals surface area contributed by atoms with E-state index in [0.29, 0.717) is 5.75 Å². The molecule has 0 spiro atoms. The molecule has 0 heterocycles. The van der Waals surface area contributed by atoms with E-state index in [0.717, 1.165) is 11.8 Å². The molecular weight excluding hydrogens is 196 g/mol. The number of hydrogen-bond acceptors (Lipinski definition) is 1. The fraction of sp³-hybridized carbons (Fsp3) is 0.600. The average molecular weight is 218 g/mol. The lowest BCUT2D eigenvalue weighted by Gasteiger charge is -2.15. The monoisotopic (exact) mass is 218 g/mol. The molecule has 0 saturated heterocycles. The van der Waals surface area contributed by atoms with Crippen LogP contribution in [-0.4, -0.2) is 5.11 Å². The van der Waals surface area contributed by atoms with Crippen LogP contribution in [0.4, 0.5) is 0 Å². The van der Waals surface area contributed by atoms with Gasteiger partial charge in [-0.25, -0.2) is 0 Å². The van der Waals surface area contributed by atoms with Crippen LogP contribution in [0.1, 0.15) is 56.9 Å². The van der Waals surface area contributed by atoms with Crippen molar-refractivity contribution in [2.24, 2.45) is 5.92 Å². The number of phenolic OH excluding ortho intramolecular Hbond substituents is 1.